The summed E-state index contributed by atoms with van der Waals surface area (Å²) in [5.74, 6) is 0.330. The molecule has 1 aliphatic rings. The summed E-state index contributed by atoms with van der Waals surface area (Å²) in [5, 5.41) is 3.98. The lowest BCUT2D eigenvalue weighted by atomic mass is 9.94. The SMILES string of the molecule is CC(NS(=O)(=O)c1cccc2ncccc12)C1CCCNC1. The van der Waals surface area contributed by atoms with E-state index in [9.17, 15) is 8.42 Å². The molecule has 2 unspecified atom stereocenters. The number of hydrogen-bond donors (Lipinski definition) is 2. The molecule has 5 nitrogen and oxygen atoms in total. The van der Waals surface area contributed by atoms with Crippen LogP contribution in [0.25, 0.3) is 10.9 Å². The molecule has 2 N–H and O–H groups in total. The molecule has 0 bridgehead atoms. The van der Waals surface area contributed by atoms with Crippen molar-refractivity contribution in [3.8, 4) is 0 Å². The van der Waals surface area contributed by atoms with Gasteiger partial charge in [-0.2, -0.15) is 0 Å². The number of sulfonamides is 1. The number of aromatic nitrogens is 1. The summed E-state index contributed by atoms with van der Waals surface area (Å²) in [5.41, 5.74) is 0.692. The number of piperidine rings is 1. The number of nitrogens with one attached hydrogen (secondary N) is 2. The second-order valence-electron chi connectivity index (χ2n) is 5.84. The molecule has 1 aliphatic heterocycles. The van der Waals surface area contributed by atoms with E-state index in [4.69, 9.17) is 0 Å². The van der Waals surface area contributed by atoms with Gasteiger partial charge < -0.3 is 5.32 Å². The molecule has 1 aromatic heterocycles. The third-order valence-corrected chi connectivity index (χ3v) is 5.90. The third-order valence-electron chi connectivity index (χ3n) is 4.28. The van der Waals surface area contributed by atoms with Gasteiger partial charge in [-0.05, 0) is 63.0 Å². The predicted octanol–water partition coefficient (Wildman–Crippen LogP) is 1.90. The van der Waals surface area contributed by atoms with Gasteiger partial charge in [-0.3, -0.25) is 4.98 Å². The van der Waals surface area contributed by atoms with E-state index in [0.717, 1.165) is 25.9 Å². The molecule has 0 saturated carbocycles. The van der Waals surface area contributed by atoms with Crippen LogP contribution in [0.15, 0.2) is 41.4 Å². The third kappa shape index (κ3) is 3.14. The molecular formula is C16H21N3O2S. The number of hydrogen-bond acceptors (Lipinski definition) is 4. The summed E-state index contributed by atoms with van der Waals surface area (Å²) in [6.07, 6.45) is 3.81. The zero-order valence-corrected chi connectivity index (χ0v) is 13.4. The van der Waals surface area contributed by atoms with E-state index in [0.29, 0.717) is 21.7 Å². The maximum Gasteiger partial charge on any atom is 0.241 e. The summed E-state index contributed by atoms with van der Waals surface area (Å²) in [4.78, 5) is 4.52. The minimum Gasteiger partial charge on any atom is -0.316 e. The molecule has 0 radical (unpaired) electrons. The Labute approximate surface area is 131 Å². The standard InChI is InChI=1S/C16H21N3O2S/c1-12(13-5-3-9-17-11-13)19-22(20,21)16-8-2-7-15-14(16)6-4-10-18-15/h2,4,6-8,10,12-13,17,19H,3,5,9,11H2,1H3. The van der Waals surface area contributed by atoms with Crippen LogP contribution < -0.4 is 10.0 Å². The highest BCUT2D eigenvalue weighted by atomic mass is 32.2. The van der Waals surface area contributed by atoms with Crippen LogP contribution in [0.4, 0.5) is 0 Å². The van der Waals surface area contributed by atoms with Crippen LogP contribution in [0.1, 0.15) is 19.8 Å². The monoisotopic (exact) mass is 319 g/mol. The largest absolute Gasteiger partial charge is 0.316 e. The first kappa shape index (κ1) is 15.4. The minimum atomic E-state index is -3.55. The number of fused-ring (bicyclic) bond motifs is 1. The Bertz CT molecular complexity index is 750. The molecular weight excluding hydrogens is 298 g/mol. The first-order chi connectivity index (χ1) is 10.6. The quantitative estimate of drug-likeness (QED) is 0.903. The highest BCUT2D eigenvalue weighted by molar-refractivity contribution is 7.89. The van der Waals surface area contributed by atoms with Crippen LogP contribution in [0.2, 0.25) is 0 Å². The average molecular weight is 319 g/mol. The molecule has 6 heteroatoms. The lowest BCUT2D eigenvalue weighted by Crippen LogP contribution is -2.44. The normalized spacial score (nSPS) is 20.9. The zero-order chi connectivity index (χ0) is 15.6. The molecule has 2 heterocycles. The maximum atomic E-state index is 12.7. The second kappa shape index (κ2) is 6.32. The van der Waals surface area contributed by atoms with Gasteiger partial charge >= 0.3 is 0 Å². The fourth-order valence-electron chi connectivity index (χ4n) is 3.02. The zero-order valence-electron chi connectivity index (χ0n) is 12.6. The van der Waals surface area contributed by atoms with E-state index in [1.807, 2.05) is 13.0 Å². The Hall–Kier alpha value is -1.50. The van der Waals surface area contributed by atoms with Gasteiger partial charge in [-0.1, -0.05) is 6.07 Å². The molecule has 0 spiro atoms. The molecule has 2 aromatic rings. The minimum absolute atomic E-state index is 0.0928. The predicted molar refractivity (Wildman–Crippen MR) is 87.1 cm³/mol. The molecule has 2 atom stereocenters. The van der Waals surface area contributed by atoms with Crippen LogP contribution in [0.5, 0.6) is 0 Å². The topological polar surface area (TPSA) is 71.1 Å². The summed E-state index contributed by atoms with van der Waals surface area (Å²) < 4.78 is 28.3. The fourth-order valence-corrected chi connectivity index (χ4v) is 4.55. The molecule has 1 saturated heterocycles. The van der Waals surface area contributed by atoms with Gasteiger partial charge in [-0.15, -0.1) is 0 Å². The molecule has 0 amide bonds. The lowest BCUT2D eigenvalue weighted by molar-refractivity contribution is 0.320. The van der Waals surface area contributed by atoms with Gasteiger partial charge in [0.15, 0.2) is 0 Å². The van der Waals surface area contributed by atoms with Gasteiger partial charge in [0.1, 0.15) is 0 Å². The van der Waals surface area contributed by atoms with Crippen LogP contribution in [0.3, 0.4) is 0 Å². The summed E-state index contributed by atoms with van der Waals surface area (Å²) in [6, 6.07) is 8.65. The first-order valence-electron chi connectivity index (χ1n) is 7.65. The number of nitrogens with zero attached hydrogens (tertiary/aromatic N) is 1. The highest BCUT2D eigenvalue weighted by Crippen LogP contribution is 2.23. The van der Waals surface area contributed by atoms with Crippen molar-refractivity contribution in [1.82, 2.24) is 15.0 Å². The highest BCUT2D eigenvalue weighted by Gasteiger charge is 2.26. The van der Waals surface area contributed by atoms with Crippen molar-refractivity contribution in [2.75, 3.05) is 13.1 Å². The molecule has 118 valence electrons. The van der Waals surface area contributed by atoms with Crippen molar-refractivity contribution >= 4 is 20.9 Å². The Balaban J connectivity index is 1.88. The fraction of sp³-hybridized carbons (Fsp3) is 0.438. The number of rotatable bonds is 4. The first-order valence-corrected chi connectivity index (χ1v) is 9.13. The van der Waals surface area contributed by atoms with Crippen molar-refractivity contribution in [2.45, 2.75) is 30.7 Å². The van der Waals surface area contributed by atoms with Crippen molar-refractivity contribution < 1.29 is 8.42 Å². The van der Waals surface area contributed by atoms with Crippen LogP contribution in [0, 0.1) is 5.92 Å². The van der Waals surface area contributed by atoms with Crippen molar-refractivity contribution in [2.24, 2.45) is 5.92 Å². The Morgan fingerprint density at radius 1 is 1.32 bits per heavy atom. The number of pyridine rings is 1. The van der Waals surface area contributed by atoms with Gasteiger partial charge in [0.25, 0.3) is 0 Å². The van der Waals surface area contributed by atoms with Crippen molar-refractivity contribution in [3.05, 3.63) is 36.5 Å². The van der Waals surface area contributed by atoms with Gasteiger partial charge in [-0.25, -0.2) is 13.1 Å². The molecule has 0 aliphatic carbocycles. The Kier molecular flexibility index (Phi) is 4.42. The van der Waals surface area contributed by atoms with E-state index in [2.05, 4.69) is 15.0 Å². The maximum absolute atomic E-state index is 12.7. The van der Waals surface area contributed by atoms with Crippen molar-refractivity contribution in [1.29, 1.82) is 0 Å². The molecule has 1 aromatic carbocycles. The van der Waals surface area contributed by atoms with Crippen LogP contribution in [-0.2, 0) is 10.0 Å². The Morgan fingerprint density at radius 3 is 2.95 bits per heavy atom. The summed E-state index contributed by atoms with van der Waals surface area (Å²) >= 11 is 0. The smallest absolute Gasteiger partial charge is 0.241 e. The second-order valence-corrected chi connectivity index (χ2v) is 7.53. The molecule has 22 heavy (non-hydrogen) atoms. The summed E-state index contributed by atoms with van der Waals surface area (Å²) in [6.45, 7) is 3.82. The van der Waals surface area contributed by atoms with E-state index < -0.39 is 10.0 Å². The van der Waals surface area contributed by atoms with Gasteiger partial charge in [0.2, 0.25) is 10.0 Å². The van der Waals surface area contributed by atoms with E-state index in [1.54, 1.807) is 30.5 Å². The molecule has 3 rings (SSSR count). The van der Waals surface area contributed by atoms with Gasteiger partial charge in [0, 0.05) is 17.6 Å². The van der Waals surface area contributed by atoms with E-state index in [1.165, 1.54) is 0 Å². The number of benzene rings is 1. The van der Waals surface area contributed by atoms with Crippen molar-refractivity contribution in [3.63, 3.8) is 0 Å². The summed E-state index contributed by atoms with van der Waals surface area (Å²) in [7, 11) is -3.55. The average Bonchev–Trinajstić information content (AvgIpc) is 2.54. The van der Waals surface area contributed by atoms with Gasteiger partial charge in [0.05, 0.1) is 10.4 Å². The van der Waals surface area contributed by atoms with E-state index >= 15 is 0 Å². The van der Waals surface area contributed by atoms with Crippen LogP contribution in [-0.4, -0.2) is 32.5 Å². The molecule has 1 fully saturated rings. The Morgan fingerprint density at radius 2 is 2.18 bits per heavy atom. The van der Waals surface area contributed by atoms with Crippen LogP contribution >= 0.6 is 0 Å². The van der Waals surface area contributed by atoms with E-state index in [-0.39, 0.29) is 6.04 Å². The lowest BCUT2D eigenvalue weighted by Gasteiger charge is -2.28.